The second-order valence-corrected chi connectivity index (χ2v) is 7.22. The molecule has 17 heavy (non-hydrogen) atoms. The average molecular weight is 274 g/mol. The minimum atomic E-state index is 0.137. The predicted molar refractivity (Wildman–Crippen MR) is 73.1 cm³/mol. The van der Waals surface area contributed by atoms with Crippen molar-refractivity contribution >= 4 is 22.9 Å². The van der Waals surface area contributed by atoms with E-state index in [0.717, 1.165) is 26.1 Å². The molecule has 2 unspecified atom stereocenters. The summed E-state index contributed by atoms with van der Waals surface area (Å²) in [5, 5.41) is 3.60. The van der Waals surface area contributed by atoms with Crippen molar-refractivity contribution in [3.8, 4) is 0 Å². The zero-order valence-electron chi connectivity index (χ0n) is 10.7. The first kappa shape index (κ1) is 13.3. The summed E-state index contributed by atoms with van der Waals surface area (Å²) in [5.41, 5.74) is 1.32. The highest BCUT2D eigenvalue weighted by Crippen LogP contribution is 2.28. The van der Waals surface area contributed by atoms with Crippen molar-refractivity contribution in [2.45, 2.75) is 44.4 Å². The Kier molecular flexibility index (Phi) is 4.11. The maximum Gasteiger partial charge on any atom is 0.0932 e. The third kappa shape index (κ3) is 3.43. The summed E-state index contributed by atoms with van der Waals surface area (Å²) in [4.78, 5) is 4.71. The number of ether oxygens (including phenoxy) is 1. The molecule has 0 amide bonds. The lowest BCUT2D eigenvalue weighted by Crippen LogP contribution is -2.29. The van der Waals surface area contributed by atoms with Crippen LogP contribution in [-0.4, -0.2) is 23.6 Å². The van der Waals surface area contributed by atoms with Gasteiger partial charge in [-0.05, 0) is 6.42 Å². The molecule has 2 rings (SSSR count). The first-order chi connectivity index (χ1) is 7.97. The second-order valence-electron chi connectivity index (χ2n) is 5.72. The van der Waals surface area contributed by atoms with Crippen molar-refractivity contribution in [3.63, 3.8) is 0 Å². The molecule has 0 N–H and O–H groups in total. The van der Waals surface area contributed by atoms with Crippen LogP contribution in [0.4, 0.5) is 0 Å². The molecule has 1 aliphatic rings. The number of alkyl halides is 1. The highest BCUT2D eigenvalue weighted by molar-refractivity contribution is 7.09. The zero-order chi connectivity index (χ0) is 12.5. The molecule has 2 heterocycles. The number of thiazole rings is 1. The van der Waals surface area contributed by atoms with Gasteiger partial charge in [0.1, 0.15) is 0 Å². The average Bonchev–Trinajstić information content (AvgIpc) is 2.69. The Balaban J connectivity index is 2.01. The van der Waals surface area contributed by atoms with Gasteiger partial charge in [-0.25, -0.2) is 4.98 Å². The van der Waals surface area contributed by atoms with Crippen LogP contribution in [0.5, 0.6) is 0 Å². The Morgan fingerprint density at radius 1 is 1.53 bits per heavy atom. The Morgan fingerprint density at radius 3 is 2.88 bits per heavy atom. The van der Waals surface area contributed by atoms with E-state index in [0.29, 0.717) is 5.92 Å². The van der Waals surface area contributed by atoms with E-state index in [1.807, 2.05) is 0 Å². The molecule has 0 bridgehead atoms. The first-order valence-electron chi connectivity index (χ1n) is 6.13. The molecule has 2 nitrogen and oxygen atoms in total. The topological polar surface area (TPSA) is 22.1 Å². The van der Waals surface area contributed by atoms with Crippen LogP contribution in [0, 0.1) is 5.92 Å². The third-order valence-electron chi connectivity index (χ3n) is 3.14. The summed E-state index contributed by atoms with van der Waals surface area (Å²) >= 11 is 8.07. The van der Waals surface area contributed by atoms with Gasteiger partial charge in [-0.1, -0.05) is 20.8 Å². The quantitative estimate of drug-likeness (QED) is 0.768. The fraction of sp³-hybridized carbons (Fsp3) is 0.769. The van der Waals surface area contributed by atoms with E-state index in [4.69, 9.17) is 21.3 Å². The van der Waals surface area contributed by atoms with Crippen LogP contribution in [0.2, 0.25) is 0 Å². The SMILES string of the molecule is CC(C)(C)c1csc(CC2COCCC2Cl)n1. The fourth-order valence-corrected chi connectivity index (χ4v) is 3.30. The van der Waals surface area contributed by atoms with Crippen LogP contribution in [0.15, 0.2) is 5.38 Å². The highest BCUT2D eigenvalue weighted by atomic mass is 35.5. The molecule has 0 spiro atoms. The lowest BCUT2D eigenvalue weighted by atomic mass is 9.93. The van der Waals surface area contributed by atoms with E-state index in [1.54, 1.807) is 11.3 Å². The summed E-state index contributed by atoms with van der Waals surface area (Å²) in [5.74, 6) is 0.421. The van der Waals surface area contributed by atoms with Gasteiger partial charge in [0.2, 0.25) is 0 Å². The molecule has 0 saturated carbocycles. The van der Waals surface area contributed by atoms with Crippen molar-refractivity contribution in [3.05, 3.63) is 16.1 Å². The van der Waals surface area contributed by atoms with Gasteiger partial charge >= 0.3 is 0 Å². The summed E-state index contributed by atoms with van der Waals surface area (Å²) in [6, 6.07) is 0. The molecule has 2 atom stereocenters. The summed E-state index contributed by atoms with van der Waals surface area (Å²) < 4.78 is 5.49. The lowest BCUT2D eigenvalue weighted by molar-refractivity contribution is 0.0577. The van der Waals surface area contributed by atoms with Gasteiger partial charge in [-0.15, -0.1) is 22.9 Å². The highest BCUT2D eigenvalue weighted by Gasteiger charge is 2.26. The van der Waals surface area contributed by atoms with Crippen molar-refractivity contribution in [2.75, 3.05) is 13.2 Å². The maximum absolute atomic E-state index is 6.33. The molecule has 1 fully saturated rings. The van der Waals surface area contributed by atoms with E-state index >= 15 is 0 Å². The molecule has 0 radical (unpaired) electrons. The van der Waals surface area contributed by atoms with Gasteiger partial charge in [0.15, 0.2) is 0 Å². The Hall–Kier alpha value is -0.120. The molecule has 0 aliphatic carbocycles. The van der Waals surface area contributed by atoms with Gasteiger partial charge in [0.05, 0.1) is 17.3 Å². The Labute approximate surface area is 112 Å². The van der Waals surface area contributed by atoms with Crippen LogP contribution in [0.25, 0.3) is 0 Å². The molecular formula is C13H20ClNOS. The maximum atomic E-state index is 6.33. The predicted octanol–water partition coefficient (Wildman–Crippen LogP) is 3.63. The van der Waals surface area contributed by atoms with Crippen molar-refractivity contribution < 1.29 is 4.74 Å². The van der Waals surface area contributed by atoms with Crippen LogP contribution in [-0.2, 0) is 16.6 Å². The van der Waals surface area contributed by atoms with Crippen molar-refractivity contribution in [1.29, 1.82) is 0 Å². The van der Waals surface area contributed by atoms with Gasteiger partial charge in [-0.2, -0.15) is 0 Å². The van der Waals surface area contributed by atoms with Gasteiger partial charge < -0.3 is 4.74 Å². The van der Waals surface area contributed by atoms with Gasteiger partial charge in [-0.3, -0.25) is 0 Å². The number of rotatable bonds is 2. The summed E-state index contributed by atoms with van der Waals surface area (Å²) in [7, 11) is 0. The molecule has 0 aromatic carbocycles. The molecule has 1 aromatic rings. The monoisotopic (exact) mass is 273 g/mol. The number of hydrogen-bond donors (Lipinski definition) is 0. The molecule has 1 saturated heterocycles. The van der Waals surface area contributed by atoms with E-state index < -0.39 is 0 Å². The largest absolute Gasteiger partial charge is 0.381 e. The second kappa shape index (κ2) is 5.25. The van der Waals surface area contributed by atoms with Gasteiger partial charge in [0.25, 0.3) is 0 Å². The van der Waals surface area contributed by atoms with Crippen LogP contribution in [0.1, 0.15) is 37.9 Å². The van der Waals surface area contributed by atoms with Crippen LogP contribution < -0.4 is 0 Å². The number of halogens is 1. The minimum absolute atomic E-state index is 0.137. The zero-order valence-corrected chi connectivity index (χ0v) is 12.3. The van der Waals surface area contributed by atoms with E-state index in [1.165, 1.54) is 10.7 Å². The number of aromatic nitrogens is 1. The van der Waals surface area contributed by atoms with E-state index in [2.05, 4.69) is 26.2 Å². The standard InChI is InChI=1S/C13H20ClNOS/c1-13(2,3)11-8-17-12(15-11)6-9-7-16-5-4-10(9)14/h8-10H,4-7H2,1-3H3. The van der Waals surface area contributed by atoms with E-state index in [9.17, 15) is 0 Å². The normalized spacial score (nSPS) is 26.1. The smallest absolute Gasteiger partial charge is 0.0932 e. The Morgan fingerprint density at radius 2 is 2.29 bits per heavy atom. The minimum Gasteiger partial charge on any atom is -0.381 e. The summed E-state index contributed by atoms with van der Waals surface area (Å²) in [6.45, 7) is 8.16. The van der Waals surface area contributed by atoms with Crippen molar-refractivity contribution in [1.82, 2.24) is 4.98 Å². The van der Waals surface area contributed by atoms with Crippen LogP contribution >= 0.6 is 22.9 Å². The molecule has 1 aliphatic heterocycles. The number of nitrogens with zero attached hydrogens (tertiary/aromatic N) is 1. The lowest BCUT2D eigenvalue weighted by Gasteiger charge is -2.26. The summed E-state index contributed by atoms with van der Waals surface area (Å²) in [6.07, 6.45) is 1.92. The van der Waals surface area contributed by atoms with Crippen molar-refractivity contribution in [2.24, 2.45) is 5.92 Å². The molecule has 96 valence electrons. The Bertz CT molecular complexity index is 372. The fourth-order valence-electron chi connectivity index (χ4n) is 1.93. The van der Waals surface area contributed by atoms with Gasteiger partial charge in [0, 0.05) is 35.1 Å². The number of hydrogen-bond acceptors (Lipinski definition) is 3. The van der Waals surface area contributed by atoms with Crippen LogP contribution in [0.3, 0.4) is 0 Å². The third-order valence-corrected chi connectivity index (χ3v) is 4.58. The molecule has 4 heteroatoms. The molecular weight excluding hydrogens is 254 g/mol. The molecule has 1 aromatic heterocycles. The van der Waals surface area contributed by atoms with E-state index in [-0.39, 0.29) is 10.8 Å². The first-order valence-corrected chi connectivity index (χ1v) is 7.45.